The number of hydrogen-bond acceptors (Lipinski definition) is 5. The smallest absolute Gasteiger partial charge is 0.873 e. The molecule has 0 saturated heterocycles. The first-order valence-corrected chi connectivity index (χ1v) is 11.1. The van der Waals surface area contributed by atoms with Crippen LogP contribution < -0.4 is 10.2 Å². The van der Waals surface area contributed by atoms with Crippen molar-refractivity contribution in [2.75, 3.05) is 0 Å². The SMILES string of the molecule is CC(=Nc1c(C)cccc1C)c1cnccn1.CC(C)(C)c1ccc(C(C)(C)C)c([O-])c1[O-].[Ni+2]. The first-order chi connectivity index (χ1) is 15.2. The van der Waals surface area contributed by atoms with Crippen molar-refractivity contribution >= 4 is 11.4 Å². The molecule has 3 aromatic rings. The van der Waals surface area contributed by atoms with Crippen molar-refractivity contribution in [2.45, 2.75) is 73.1 Å². The molecule has 0 aliphatic heterocycles. The Kier molecular flexibility index (Phi) is 10.0. The van der Waals surface area contributed by atoms with Gasteiger partial charge in [-0.15, -0.1) is 11.5 Å². The molecule has 1 aromatic heterocycles. The van der Waals surface area contributed by atoms with Crippen molar-refractivity contribution in [3.05, 3.63) is 76.9 Å². The summed E-state index contributed by atoms with van der Waals surface area (Å²) in [6.07, 6.45) is 5.07. The van der Waals surface area contributed by atoms with Crippen LogP contribution >= 0.6 is 0 Å². The van der Waals surface area contributed by atoms with Crippen LogP contribution in [-0.2, 0) is 27.3 Å². The van der Waals surface area contributed by atoms with Crippen LogP contribution in [0.1, 0.15) is 76.4 Å². The van der Waals surface area contributed by atoms with Crippen molar-refractivity contribution in [3.8, 4) is 11.5 Å². The van der Waals surface area contributed by atoms with Crippen molar-refractivity contribution in [2.24, 2.45) is 4.99 Å². The summed E-state index contributed by atoms with van der Waals surface area (Å²) in [4.78, 5) is 12.9. The molecule has 6 heteroatoms. The van der Waals surface area contributed by atoms with Crippen molar-refractivity contribution in [3.63, 3.8) is 0 Å². The molecule has 0 unspecified atom stereocenters. The van der Waals surface area contributed by atoms with Crippen LogP contribution in [-0.4, -0.2) is 15.7 Å². The number of para-hydroxylation sites is 1. The topological polar surface area (TPSA) is 84.3 Å². The van der Waals surface area contributed by atoms with E-state index in [9.17, 15) is 10.2 Å². The van der Waals surface area contributed by atoms with E-state index in [2.05, 4.69) is 40.9 Å². The number of aliphatic imine (C=N–C) groups is 1. The molecule has 184 valence electrons. The van der Waals surface area contributed by atoms with E-state index >= 15 is 0 Å². The Morgan fingerprint density at radius 2 is 1.26 bits per heavy atom. The third-order valence-corrected chi connectivity index (χ3v) is 5.38. The summed E-state index contributed by atoms with van der Waals surface area (Å²) < 4.78 is 0. The molecule has 0 aliphatic rings. The molecule has 0 aliphatic carbocycles. The normalized spacial score (nSPS) is 11.9. The second-order valence-corrected chi connectivity index (χ2v) is 10.3. The van der Waals surface area contributed by atoms with Gasteiger partial charge in [0.15, 0.2) is 0 Å². The van der Waals surface area contributed by atoms with E-state index in [1.807, 2.05) is 54.5 Å². The second-order valence-electron chi connectivity index (χ2n) is 10.3. The van der Waals surface area contributed by atoms with E-state index in [0.717, 1.165) is 17.1 Å². The largest absolute Gasteiger partial charge is 2.00 e. The standard InChI is InChI=1S/C14H15N3.C14H22O2.Ni/c1-10-5-4-6-11(2)14(10)17-12(3)13-9-15-7-8-16-13;1-13(2,3)9-7-8-10(14(4,5)6)12(16)11(9)15;/h4-9H,1-3H3;7-8,15-16H,1-6H3;/q;;+2/p-2. The molecule has 2 aromatic carbocycles. The summed E-state index contributed by atoms with van der Waals surface area (Å²) in [5.41, 5.74) is 5.73. The van der Waals surface area contributed by atoms with Gasteiger partial charge in [0.05, 0.1) is 17.6 Å². The fourth-order valence-corrected chi connectivity index (χ4v) is 3.44. The first kappa shape index (κ1) is 29.3. The molecular formula is C28H35N3NiO2. The number of hydrogen-bond donors (Lipinski definition) is 0. The van der Waals surface area contributed by atoms with Gasteiger partial charge in [-0.3, -0.25) is 15.0 Å². The van der Waals surface area contributed by atoms with E-state index in [-0.39, 0.29) is 38.8 Å². The molecular weight excluding hydrogens is 469 g/mol. The van der Waals surface area contributed by atoms with Gasteiger partial charge in [-0.2, -0.15) is 0 Å². The third-order valence-electron chi connectivity index (χ3n) is 5.38. The number of aromatic nitrogens is 2. The van der Waals surface area contributed by atoms with Gasteiger partial charge in [0.2, 0.25) is 0 Å². The maximum absolute atomic E-state index is 12.0. The van der Waals surface area contributed by atoms with Crippen LogP contribution in [0.5, 0.6) is 11.5 Å². The molecule has 34 heavy (non-hydrogen) atoms. The number of nitrogens with zero attached hydrogens (tertiary/aromatic N) is 3. The Balaban J connectivity index is 0.000000331. The molecule has 1 heterocycles. The van der Waals surface area contributed by atoms with Crippen LogP contribution in [0.25, 0.3) is 0 Å². The minimum atomic E-state index is -0.347. The van der Waals surface area contributed by atoms with E-state index in [0.29, 0.717) is 11.1 Å². The fourth-order valence-electron chi connectivity index (χ4n) is 3.44. The quantitative estimate of drug-likeness (QED) is 0.333. The predicted octanol–water partition coefficient (Wildman–Crippen LogP) is 5.66. The zero-order valence-electron chi connectivity index (χ0n) is 21.6. The van der Waals surface area contributed by atoms with Crippen molar-refractivity contribution in [1.29, 1.82) is 0 Å². The summed E-state index contributed by atoms with van der Waals surface area (Å²) in [6, 6.07) is 9.77. The van der Waals surface area contributed by atoms with Gasteiger partial charge in [0.1, 0.15) is 5.69 Å². The van der Waals surface area contributed by atoms with Crippen LogP contribution in [0.15, 0.2) is 53.9 Å². The summed E-state index contributed by atoms with van der Waals surface area (Å²) in [6.45, 7) is 17.8. The van der Waals surface area contributed by atoms with E-state index in [4.69, 9.17) is 0 Å². The van der Waals surface area contributed by atoms with E-state index in [1.165, 1.54) is 11.1 Å². The zero-order chi connectivity index (χ0) is 25.0. The van der Waals surface area contributed by atoms with Gasteiger partial charge in [-0.25, -0.2) is 0 Å². The van der Waals surface area contributed by atoms with Crippen molar-refractivity contribution < 1.29 is 26.7 Å². The van der Waals surface area contributed by atoms with Gasteiger partial charge in [0, 0.05) is 12.4 Å². The van der Waals surface area contributed by atoms with Gasteiger partial charge in [0.25, 0.3) is 0 Å². The Morgan fingerprint density at radius 3 is 1.65 bits per heavy atom. The minimum Gasteiger partial charge on any atom is -0.873 e. The number of benzene rings is 2. The van der Waals surface area contributed by atoms with Crippen LogP contribution in [0.2, 0.25) is 0 Å². The van der Waals surface area contributed by atoms with Crippen molar-refractivity contribution in [1.82, 2.24) is 9.97 Å². The molecule has 3 rings (SSSR count). The minimum absolute atomic E-state index is 0. The van der Waals surface area contributed by atoms with Gasteiger partial charge in [-0.1, -0.05) is 83.0 Å². The summed E-state index contributed by atoms with van der Waals surface area (Å²) in [7, 11) is 0. The molecule has 0 radical (unpaired) electrons. The zero-order valence-corrected chi connectivity index (χ0v) is 22.6. The molecule has 0 atom stereocenters. The Morgan fingerprint density at radius 1 is 0.794 bits per heavy atom. The fraction of sp³-hybridized carbons (Fsp3) is 0.393. The molecule has 0 spiro atoms. The van der Waals surface area contributed by atoms with Crippen LogP contribution in [0.3, 0.4) is 0 Å². The molecule has 0 bridgehead atoms. The average molecular weight is 504 g/mol. The number of aryl methyl sites for hydroxylation is 2. The van der Waals surface area contributed by atoms with E-state index in [1.54, 1.807) is 30.7 Å². The maximum atomic E-state index is 12.0. The summed E-state index contributed by atoms with van der Waals surface area (Å²) in [5, 5.41) is 23.9. The first-order valence-electron chi connectivity index (χ1n) is 11.1. The molecule has 5 nitrogen and oxygen atoms in total. The Labute approximate surface area is 214 Å². The second kappa shape index (κ2) is 11.6. The van der Waals surface area contributed by atoms with E-state index < -0.39 is 0 Å². The maximum Gasteiger partial charge on any atom is 2.00 e. The number of rotatable bonds is 2. The Bertz CT molecular complexity index is 1070. The summed E-state index contributed by atoms with van der Waals surface area (Å²) >= 11 is 0. The molecule has 0 N–H and O–H groups in total. The van der Waals surface area contributed by atoms with Crippen LogP contribution in [0, 0.1) is 13.8 Å². The predicted molar refractivity (Wildman–Crippen MR) is 133 cm³/mol. The average Bonchev–Trinajstić information content (AvgIpc) is 2.72. The van der Waals surface area contributed by atoms with Gasteiger partial charge < -0.3 is 10.2 Å². The summed E-state index contributed by atoms with van der Waals surface area (Å²) in [5.74, 6) is -0.695. The van der Waals surface area contributed by atoms with Gasteiger partial charge in [-0.05, 0) is 42.7 Å². The molecule has 0 fully saturated rings. The monoisotopic (exact) mass is 503 g/mol. The molecule has 0 amide bonds. The Hall–Kier alpha value is -2.72. The molecule has 0 saturated carbocycles. The van der Waals surface area contributed by atoms with Gasteiger partial charge >= 0.3 is 16.5 Å². The van der Waals surface area contributed by atoms with Crippen LogP contribution in [0.4, 0.5) is 5.69 Å². The third kappa shape index (κ3) is 7.39.